The van der Waals surface area contributed by atoms with Crippen molar-refractivity contribution in [3.63, 3.8) is 0 Å². The molecule has 0 saturated carbocycles. The van der Waals surface area contributed by atoms with E-state index in [1.54, 1.807) is 13.8 Å². The fraction of sp³-hybridized carbons (Fsp3) is 1.00. The van der Waals surface area contributed by atoms with Crippen LogP contribution in [0.15, 0.2) is 0 Å². The van der Waals surface area contributed by atoms with Crippen molar-refractivity contribution in [2.45, 2.75) is 19.1 Å². The third-order valence-corrected chi connectivity index (χ3v) is 2.92. The molecule has 0 aromatic carbocycles. The van der Waals surface area contributed by atoms with Gasteiger partial charge in [-0.3, -0.25) is 0 Å². The van der Waals surface area contributed by atoms with Crippen molar-refractivity contribution < 1.29 is 8.42 Å². The molecule has 0 unspecified atom stereocenters. The van der Waals surface area contributed by atoms with Crippen LogP contribution in [0.25, 0.3) is 0 Å². The second-order valence-corrected chi connectivity index (χ2v) is 4.60. The van der Waals surface area contributed by atoms with Crippen LogP contribution in [0.1, 0.15) is 13.8 Å². The van der Waals surface area contributed by atoms with E-state index in [1.165, 1.54) is 0 Å². The van der Waals surface area contributed by atoms with Crippen molar-refractivity contribution in [2.75, 3.05) is 13.1 Å². The molecule has 4 nitrogen and oxygen atoms in total. The van der Waals surface area contributed by atoms with Crippen molar-refractivity contribution in [1.29, 1.82) is 0 Å². The average molecular weight is 166 g/mol. The largest absolute Gasteiger partial charge is 0.329 e. The summed E-state index contributed by atoms with van der Waals surface area (Å²) in [5, 5.41) is -0.376. The molecule has 0 radical (unpaired) electrons. The summed E-state index contributed by atoms with van der Waals surface area (Å²) in [7, 11) is -3.09. The van der Waals surface area contributed by atoms with Crippen molar-refractivity contribution in [2.24, 2.45) is 5.73 Å². The van der Waals surface area contributed by atoms with Gasteiger partial charge in [-0.25, -0.2) is 13.1 Å². The third-order valence-electron chi connectivity index (χ3n) is 1.07. The van der Waals surface area contributed by atoms with E-state index in [4.69, 9.17) is 5.73 Å². The zero-order chi connectivity index (χ0) is 8.20. The molecule has 62 valence electrons. The highest BCUT2D eigenvalue weighted by Crippen LogP contribution is 1.93. The van der Waals surface area contributed by atoms with Gasteiger partial charge in [-0.2, -0.15) is 0 Å². The lowest BCUT2D eigenvalue weighted by molar-refractivity contribution is 0.573. The van der Waals surface area contributed by atoms with Gasteiger partial charge in [0.15, 0.2) is 0 Å². The first kappa shape index (κ1) is 9.87. The SMILES string of the molecule is CC(C)S(=O)(=O)NCCN. The fourth-order valence-electron chi connectivity index (χ4n) is 0.368. The average Bonchev–Trinajstić information content (AvgIpc) is 1.84. The van der Waals surface area contributed by atoms with Crippen LogP contribution in [0.3, 0.4) is 0 Å². The first-order chi connectivity index (χ1) is 4.50. The highest BCUT2D eigenvalue weighted by molar-refractivity contribution is 7.90. The highest BCUT2D eigenvalue weighted by Gasteiger charge is 2.13. The monoisotopic (exact) mass is 166 g/mol. The van der Waals surface area contributed by atoms with E-state index in [-0.39, 0.29) is 5.25 Å². The zero-order valence-corrected chi connectivity index (χ0v) is 7.11. The molecule has 0 fully saturated rings. The molecule has 0 bridgehead atoms. The molecule has 0 atom stereocenters. The van der Waals surface area contributed by atoms with Gasteiger partial charge in [0, 0.05) is 13.1 Å². The van der Waals surface area contributed by atoms with Crippen LogP contribution in [0, 0.1) is 0 Å². The Hall–Kier alpha value is -0.130. The maximum Gasteiger partial charge on any atom is 0.213 e. The van der Waals surface area contributed by atoms with Gasteiger partial charge < -0.3 is 5.73 Å². The van der Waals surface area contributed by atoms with E-state index in [2.05, 4.69) is 4.72 Å². The Balaban J connectivity index is 3.90. The first-order valence-corrected chi connectivity index (χ1v) is 4.74. The molecule has 3 N–H and O–H groups in total. The number of rotatable bonds is 4. The van der Waals surface area contributed by atoms with Gasteiger partial charge in [0.25, 0.3) is 0 Å². The van der Waals surface area contributed by atoms with Gasteiger partial charge in [0.2, 0.25) is 10.0 Å². The predicted octanol–water partition coefficient (Wildman–Crippen LogP) is -0.727. The van der Waals surface area contributed by atoms with Crippen LogP contribution >= 0.6 is 0 Å². The molecule has 0 aromatic rings. The Morgan fingerprint density at radius 2 is 2.00 bits per heavy atom. The fourth-order valence-corrected chi connectivity index (χ4v) is 1.10. The summed E-state index contributed by atoms with van der Waals surface area (Å²) in [6.07, 6.45) is 0. The number of hydrogen-bond donors (Lipinski definition) is 2. The minimum Gasteiger partial charge on any atom is -0.329 e. The van der Waals surface area contributed by atoms with Crippen molar-refractivity contribution in [1.82, 2.24) is 4.72 Å². The van der Waals surface area contributed by atoms with E-state index in [0.29, 0.717) is 13.1 Å². The molecule has 5 heteroatoms. The molecule has 0 rings (SSSR count). The van der Waals surface area contributed by atoms with Crippen molar-refractivity contribution in [3.8, 4) is 0 Å². The van der Waals surface area contributed by atoms with Crippen LogP contribution in [-0.4, -0.2) is 26.8 Å². The van der Waals surface area contributed by atoms with Gasteiger partial charge in [0.05, 0.1) is 5.25 Å². The Kier molecular flexibility index (Phi) is 3.85. The molecule has 0 aliphatic carbocycles. The Labute approximate surface area is 61.8 Å². The highest BCUT2D eigenvalue weighted by atomic mass is 32.2. The van der Waals surface area contributed by atoms with Crippen LogP contribution in [0.5, 0.6) is 0 Å². The summed E-state index contributed by atoms with van der Waals surface area (Å²) in [6, 6.07) is 0. The molecule has 0 spiro atoms. The second-order valence-electron chi connectivity index (χ2n) is 2.28. The molecular weight excluding hydrogens is 152 g/mol. The molecule has 0 saturated heterocycles. The lowest BCUT2D eigenvalue weighted by Crippen LogP contribution is -2.34. The Morgan fingerprint density at radius 3 is 2.30 bits per heavy atom. The molecule has 0 amide bonds. The quantitative estimate of drug-likeness (QED) is 0.578. The van der Waals surface area contributed by atoms with Crippen LogP contribution in [0.4, 0.5) is 0 Å². The van der Waals surface area contributed by atoms with Crippen LogP contribution < -0.4 is 10.5 Å². The van der Waals surface area contributed by atoms with E-state index >= 15 is 0 Å². The predicted molar refractivity (Wildman–Crippen MR) is 41.1 cm³/mol. The minimum absolute atomic E-state index is 0.320. The topological polar surface area (TPSA) is 72.2 Å². The van der Waals surface area contributed by atoms with E-state index in [1.807, 2.05) is 0 Å². The molecule has 10 heavy (non-hydrogen) atoms. The summed E-state index contributed by atoms with van der Waals surface area (Å²) in [5.41, 5.74) is 5.11. The molecule has 0 aliphatic heterocycles. The molecule has 0 heterocycles. The number of sulfonamides is 1. The molecule has 0 aliphatic rings. The maximum atomic E-state index is 10.9. The van der Waals surface area contributed by atoms with Crippen molar-refractivity contribution in [3.05, 3.63) is 0 Å². The van der Waals surface area contributed by atoms with Crippen LogP contribution in [-0.2, 0) is 10.0 Å². The summed E-state index contributed by atoms with van der Waals surface area (Å²) >= 11 is 0. The zero-order valence-electron chi connectivity index (χ0n) is 6.29. The van der Waals surface area contributed by atoms with Crippen molar-refractivity contribution >= 4 is 10.0 Å². The van der Waals surface area contributed by atoms with E-state index in [9.17, 15) is 8.42 Å². The minimum atomic E-state index is -3.09. The standard InChI is InChI=1S/C5H14N2O2S/c1-5(2)10(8,9)7-4-3-6/h5,7H,3-4,6H2,1-2H3. The lowest BCUT2D eigenvalue weighted by atomic mass is 10.6. The normalized spacial score (nSPS) is 12.4. The summed E-state index contributed by atoms with van der Waals surface area (Å²) in [5.74, 6) is 0. The van der Waals surface area contributed by atoms with Gasteiger partial charge in [-0.15, -0.1) is 0 Å². The Morgan fingerprint density at radius 1 is 1.50 bits per heavy atom. The van der Waals surface area contributed by atoms with E-state index in [0.717, 1.165) is 0 Å². The smallest absolute Gasteiger partial charge is 0.213 e. The lowest BCUT2D eigenvalue weighted by Gasteiger charge is -2.07. The number of hydrogen-bond acceptors (Lipinski definition) is 3. The number of nitrogens with one attached hydrogen (secondary N) is 1. The van der Waals surface area contributed by atoms with E-state index < -0.39 is 10.0 Å². The maximum absolute atomic E-state index is 10.9. The third kappa shape index (κ3) is 3.14. The van der Waals surface area contributed by atoms with Gasteiger partial charge >= 0.3 is 0 Å². The summed E-state index contributed by atoms with van der Waals surface area (Å²) in [4.78, 5) is 0. The van der Waals surface area contributed by atoms with Gasteiger partial charge in [0.1, 0.15) is 0 Å². The molecule has 0 aromatic heterocycles. The summed E-state index contributed by atoms with van der Waals surface area (Å²) < 4.78 is 24.2. The van der Waals surface area contributed by atoms with Crippen LogP contribution in [0.2, 0.25) is 0 Å². The summed E-state index contributed by atoms with van der Waals surface area (Å²) in [6.45, 7) is 3.91. The second kappa shape index (κ2) is 3.90. The van der Waals surface area contributed by atoms with Gasteiger partial charge in [-0.1, -0.05) is 0 Å². The van der Waals surface area contributed by atoms with Gasteiger partial charge in [-0.05, 0) is 13.8 Å². The first-order valence-electron chi connectivity index (χ1n) is 3.19. The molecular formula is C5H14N2O2S. The number of nitrogens with two attached hydrogens (primary N) is 1. The Bertz CT molecular complexity index is 174.